The smallest absolute Gasteiger partial charge is 0.246 e. The summed E-state index contributed by atoms with van der Waals surface area (Å²) < 4.78 is 0. The van der Waals surface area contributed by atoms with Gasteiger partial charge in [0, 0.05) is 49.4 Å². The van der Waals surface area contributed by atoms with E-state index in [2.05, 4.69) is 4.90 Å². The predicted molar refractivity (Wildman–Crippen MR) is 97.7 cm³/mol. The number of halogens is 1. The maximum Gasteiger partial charge on any atom is 0.246 e. The van der Waals surface area contributed by atoms with E-state index >= 15 is 0 Å². The second-order valence-corrected chi connectivity index (χ2v) is 7.85. The van der Waals surface area contributed by atoms with E-state index in [1.54, 1.807) is 21.9 Å². The molecule has 3 fully saturated rings. The molecular formula is C19H24ClN3O2. The number of carbonyl (C=O) groups excluding carboxylic acids is 2. The van der Waals surface area contributed by atoms with E-state index in [-0.39, 0.29) is 18.4 Å². The molecule has 6 heteroatoms. The van der Waals surface area contributed by atoms with Crippen LogP contribution in [-0.4, -0.2) is 60.4 Å². The summed E-state index contributed by atoms with van der Waals surface area (Å²) >= 11 is 6.01. The number of likely N-dealkylation sites (tertiary alicyclic amines) is 1. The Morgan fingerprint density at radius 1 is 1.24 bits per heavy atom. The van der Waals surface area contributed by atoms with Crippen molar-refractivity contribution in [2.75, 3.05) is 37.6 Å². The first kappa shape index (κ1) is 16.9. The van der Waals surface area contributed by atoms with E-state index in [1.807, 2.05) is 12.1 Å². The lowest BCUT2D eigenvalue weighted by Crippen LogP contribution is -2.52. The number of fused-ring (bicyclic) bond motifs is 2. The third-order valence-electron chi connectivity index (χ3n) is 5.83. The van der Waals surface area contributed by atoms with E-state index < -0.39 is 0 Å². The number of anilines is 1. The second-order valence-electron chi connectivity index (χ2n) is 7.42. The van der Waals surface area contributed by atoms with Gasteiger partial charge in [0.2, 0.25) is 11.8 Å². The first-order valence-electron chi connectivity index (χ1n) is 9.18. The van der Waals surface area contributed by atoms with Crippen LogP contribution in [0.5, 0.6) is 0 Å². The lowest BCUT2D eigenvalue weighted by molar-refractivity contribution is -0.137. The molecule has 3 aliphatic rings. The molecular weight excluding hydrogens is 338 g/mol. The Bertz CT molecular complexity index is 680. The van der Waals surface area contributed by atoms with E-state index in [1.165, 1.54) is 19.3 Å². The Balaban J connectivity index is 1.30. The number of nitrogens with zero attached hydrogens (tertiary/aromatic N) is 3. The van der Waals surface area contributed by atoms with Crippen molar-refractivity contribution in [3.05, 3.63) is 29.3 Å². The average Bonchev–Trinajstić information content (AvgIpc) is 3.22. The van der Waals surface area contributed by atoms with Gasteiger partial charge < -0.3 is 9.80 Å². The number of carbonyl (C=O) groups is 2. The highest BCUT2D eigenvalue weighted by Gasteiger charge is 2.37. The molecule has 0 N–H and O–H groups in total. The van der Waals surface area contributed by atoms with Crippen molar-refractivity contribution >= 4 is 29.1 Å². The average molecular weight is 362 g/mol. The Hall–Kier alpha value is -1.59. The number of piperazine rings is 1. The summed E-state index contributed by atoms with van der Waals surface area (Å²) in [6, 6.07) is 7.99. The minimum atomic E-state index is -0.0397. The van der Waals surface area contributed by atoms with Gasteiger partial charge in [-0.3, -0.25) is 14.5 Å². The molecule has 1 aliphatic carbocycles. The van der Waals surface area contributed by atoms with Gasteiger partial charge >= 0.3 is 0 Å². The lowest BCUT2D eigenvalue weighted by Gasteiger charge is -2.35. The fourth-order valence-electron chi connectivity index (χ4n) is 4.50. The minimum absolute atomic E-state index is 0.0397. The number of benzene rings is 1. The molecule has 25 heavy (non-hydrogen) atoms. The molecule has 0 unspecified atom stereocenters. The van der Waals surface area contributed by atoms with Crippen LogP contribution < -0.4 is 4.90 Å². The van der Waals surface area contributed by atoms with E-state index in [0.29, 0.717) is 30.6 Å². The van der Waals surface area contributed by atoms with Crippen LogP contribution in [0.15, 0.2) is 24.3 Å². The van der Waals surface area contributed by atoms with Crippen LogP contribution >= 0.6 is 11.6 Å². The first-order valence-corrected chi connectivity index (χ1v) is 9.56. The molecule has 2 heterocycles. The van der Waals surface area contributed by atoms with Gasteiger partial charge in [0.25, 0.3) is 0 Å². The zero-order valence-corrected chi connectivity index (χ0v) is 15.1. The van der Waals surface area contributed by atoms with Crippen LogP contribution in [0.4, 0.5) is 5.69 Å². The van der Waals surface area contributed by atoms with E-state index in [0.717, 1.165) is 24.7 Å². The molecule has 1 saturated carbocycles. The molecule has 0 radical (unpaired) electrons. The minimum Gasteiger partial charge on any atom is -0.332 e. The number of hydrogen-bond acceptors (Lipinski definition) is 3. The van der Waals surface area contributed by atoms with Crippen LogP contribution in [0.25, 0.3) is 0 Å². The number of piperidine rings is 1. The summed E-state index contributed by atoms with van der Waals surface area (Å²) in [7, 11) is 0. The van der Waals surface area contributed by atoms with Gasteiger partial charge in [0.15, 0.2) is 0 Å². The van der Waals surface area contributed by atoms with Crippen molar-refractivity contribution in [3.63, 3.8) is 0 Å². The van der Waals surface area contributed by atoms with Crippen LogP contribution in [0.3, 0.4) is 0 Å². The number of rotatable bonds is 4. The summed E-state index contributed by atoms with van der Waals surface area (Å²) in [5, 5.41) is 0.615. The summed E-state index contributed by atoms with van der Waals surface area (Å²) in [4.78, 5) is 30.9. The quantitative estimate of drug-likeness (QED) is 0.827. The Morgan fingerprint density at radius 3 is 2.80 bits per heavy atom. The Labute approximate surface area is 153 Å². The first-order chi connectivity index (χ1) is 12.1. The second kappa shape index (κ2) is 6.96. The van der Waals surface area contributed by atoms with Crippen molar-refractivity contribution in [2.24, 2.45) is 5.92 Å². The van der Waals surface area contributed by atoms with Crippen molar-refractivity contribution < 1.29 is 9.59 Å². The molecule has 0 spiro atoms. The number of hydrogen-bond donors (Lipinski definition) is 0. The van der Waals surface area contributed by atoms with Crippen LogP contribution in [0.1, 0.15) is 25.7 Å². The molecule has 5 nitrogen and oxygen atoms in total. The van der Waals surface area contributed by atoms with Crippen LogP contribution in [-0.2, 0) is 9.59 Å². The summed E-state index contributed by atoms with van der Waals surface area (Å²) in [5.41, 5.74) is 0.803. The molecule has 2 aliphatic heterocycles. The van der Waals surface area contributed by atoms with Crippen molar-refractivity contribution in [1.82, 2.24) is 9.80 Å². The topological polar surface area (TPSA) is 43.9 Å². The largest absolute Gasteiger partial charge is 0.332 e. The standard InChI is InChI=1S/C19H24ClN3O2/c20-15-2-1-3-17(11-15)23-9-8-22(13-19(23)25)18(24)6-7-21-12-14-4-5-16(21)10-14/h1-3,11,14,16H,4-10,12-13H2/t14-,16+/m1/s1. The van der Waals surface area contributed by atoms with E-state index in [4.69, 9.17) is 11.6 Å². The van der Waals surface area contributed by atoms with Gasteiger partial charge in [-0.25, -0.2) is 0 Å². The third kappa shape index (κ3) is 3.53. The van der Waals surface area contributed by atoms with E-state index in [9.17, 15) is 9.59 Å². The van der Waals surface area contributed by atoms with Gasteiger partial charge in [-0.1, -0.05) is 17.7 Å². The molecule has 2 atom stereocenters. The van der Waals surface area contributed by atoms with Crippen LogP contribution in [0.2, 0.25) is 5.02 Å². The van der Waals surface area contributed by atoms with Gasteiger partial charge in [0.05, 0.1) is 0 Å². The summed E-state index contributed by atoms with van der Waals surface area (Å²) in [6.45, 7) is 3.27. The molecule has 1 aromatic carbocycles. The van der Waals surface area contributed by atoms with Crippen LogP contribution in [0, 0.1) is 5.92 Å². The monoisotopic (exact) mass is 361 g/mol. The molecule has 2 amide bonds. The SMILES string of the molecule is O=C(CCN1C[C@@H]2CC[C@H]1C2)N1CCN(c2cccc(Cl)c2)C(=O)C1. The van der Waals surface area contributed by atoms with Crippen molar-refractivity contribution in [2.45, 2.75) is 31.7 Å². The van der Waals surface area contributed by atoms with Gasteiger partial charge in [0.1, 0.15) is 6.54 Å². The molecule has 2 saturated heterocycles. The maximum atomic E-state index is 12.5. The molecule has 0 aromatic heterocycles. The van der Waals surface area contributed by atoms with Gasteiger partial charge in [-0.05, 0) is 43.4 Å². The fourth-order valence-corrected chi connectivity index (χ4v) is 4.69. The highest BCUT2D eigenvalue weighted by molar-refractivity contribution is 6.30. The molecule has 134 valence electrons. The predicted octanol–water partition coefficient (Wildman–Crippen LogP) is 2.39. The highest BCUT2D eigenvalue weighted by atomic mass is 35.5. The third-order valence-corrected chi connectivity index (χ3v) is 6.06. The molecule has 4 rings (SSSR count). The normalized spacial score (nSPS) is 26.5. The summed E-state index contributed by atoms with van der Waals surface area (Å²) in [6.07, 6.45) is 4.48. The van der Waals surface area contributed by atoms with Gasteiger partial charge in [-0.15, -0.1) is 0 Å². The van der Waals surface area contributed by atoms with Crippen molar-refractivity contribution in [1.29, 1.82) is 0 Å². The Morgan fingerprint density at radius 2 is 2.12 bits per heavy atom. The zero-order valence-electron chi connectivity index (χ0n) is 14.4. The van der Waals surface area contributed by atoms with Crippen molar-refractivity contribution in [3.8, 4) is 0 Å². The fraction of sp³-hybridized carbons (Fsp3) is 0.579. The zero-order chi connectivity index (χ0) is 17.4. The highest BCUT2D eigenvalue weighted by Crippen LogP contribution is 2.37. The molecule has 2 bridgehead atoms. The van der Waals surface area contributed by atoms with Gasteiger partial charge in [-0.2, -0.15) is 0 Å². The Kier molecular flexibility index (Phi) is 4.69. The summed E-state index contributed by atoms with van der Waals surface area (Å²) in [5.74, 6) is 0.909. The number of amides is 2. The molecule has 1 aromatic rings. The lowest BCUT2D eigenvalue weighted by atomic mass is 10.1. The maximum absolute atomic E-state index is 12.5.